The molecule has 0 aliphatic carbocycles. The highest BCUT2D eigenvalue weighted by molar-refractivity contribution is 5.88. The highest BCUT2D eigenvalue weighted by atomic mass is 19.1. The predicted octanol–water partition coefficient (Wildman–Crippen LogP) is 4.09. The van der Waals surface area contributed by atoms with E-state index in [4.69, 9.17) is 0 Å². The van der Waals surface area contributed by atoms with E-state index in [0.717, 1.165) is 12.0 Å². The Morgan fingerprint density at radius 1 is 1.00 bits per heavy atom. The van der Waals surface area contributed by atoms with Crippen molar-refractivity contribution in [2.75, 3.05) is 6.54 Å². The van der Waals surface area contributed by atoms with Crippen molar-refractivity contribution in [3.05, 3.63) is 71.5 Å². The van der Waals surface area contributed by atoms with E-state index in [-0.39, 0.29) is 24.2 Å². The van der Waals surface area contributed by atoms with E-state index in [2.05, 4.69) is 5.32 Å². The summed E-state index contributed by atoms with van der Waals surface area (Å²) in [6.45, 7) is 4.51. The summed E-state index contributed by atoms with van der Waals surface area (Å²) in [4.78, 5) is 27.4. The van der Waals surface area contributed by atoms with Crippen molar-refractivity contribution in [2.24, 2.45) is 0 Å². The molecule has 2 aromatic carbocycles. The van der Waals surface area contributed by atoms with Gasteiger partial charge in [-0.25, -0.2) is 4.39 Å². The number of hydrogen-bond acceptors (Lipinski definition) is 2. The van der Waals surface area contributed by atoms with Gasteiger partial charge < -0.3 is 10.2 Å². The molecule has 5 heteroatoms. The second-order valence-electron chi connectivity index (χ2n) is 6.86. The van der Waals surface area contributed by atoms with Gasteiger partial charge in [0.1, 0.15) is 11.9 Å². The highest BCUT2D eigenvalue weighted by Gasteiger charge is 2.30. The number of nitrogens with one attached hydrogen (secondary N) is 1. The summed E-state index contributed by atoms with van der Waals surface area (Å²) in [6, 6.07) is 15.3. The van der Waals surface area contributed by atoms with E-state index in [1.807, 2.05) is 44.2 Å². The predicted molar refractivity (Wildman–Crippen MR) is 109 cm³/mol. The van der Waals surface area contributed by atoms with E-state index in [1.165, 1.54) is 11.0 Å². The van der Waals surface area contributed by atoms with Crippen molar-refractivity contribution in [1.29, 1.82) is 0 Å². The Morgan fingerprint density at radius 3 is 2.32 bits per heavy atom. The monoisotopic (exact) mass is 384 g/mol. The van der Waals surface area contributed by atoms with E-state index < -0.39 is 6.04 Å². The van der Waals surface area contributed by atoms with Crippen LogP contribution in [0.15, 0.2) is 54.6 Å². The molecule has 0 heterocycles. The molecular formula is C23H29FN2O2. The molecule has 0 unspecified atom stereocenters. The van der Waals surface area contributed by atoms with Crippen LogP contribution >= 0.6 is 0 Å². The molecule has 0 aromatic heterocycles. The number of halogens is 1. The van der Waals surface area contributed by atoms with Crippen LogP contribution < -0.4 is 5.32 Å². The number of amides is 2. The van der Waals surface area contributed by atoms with Crippen LogP contribution in [0.3, 0.4) is 0 Å². The molecule has 0 bridgehead atoms. The Bertz CT molecular complexity index is 764. The number of carbonyl (C=O) groups excluding carboxylic acids is 2. The Kier molecular flexibility index (Phi) is 8.66. The molecule has 0 saturated carbocycles. The molecule has 1 atom stereocenters. The summed E-state index contributed by atoms with van der Waals surface area (Å²) in [6.07, 6.45) is 2.18. The first kappa shape index (κ1) is 21.6. The minimum Gasteiger partial charge on any atom is -0.354 e. The van der Waals surface area contributed by atoms with Crippen molar-refractivity contribution < 1.29 is 14.0 Å². The number of carbonyl (C=O) groups is 2. The lowest BCUT2D eigenvalue weighted by molar-refractivity contribution is -0.141. The Labute approximate surface area is 166 Å². The normalized spacial score (nSPS) is 11.7. The summed E-state index contributed by atoms with van der Waals surface area (Å²) in [5.41, 5.74) is 1.37. The van der Waals surface area contributed by atoms with Gasteiger partial charge in [0, 0.05) is 31.5 Å². The molecule has 2 aromatic rings. The molecule has 0 saturated heterocycles. The van der Waals surface area contributed by atoms with Crippen LogP contribution in [0.4, 0.5) is 4.39 Å². The largest absolute Gasteiger partial charge is 0.354 e. The van der Waals surface area contributed by atoms with Crippen LogP contribution in [-0.4, -0.2) is 29.3 Å². The highest BCUT2D eigenvalue weighted by Crippen LogP contribution is 2.18. The molecule has 1 N–H and O–H groups in total. The molecule has 0 aliphatic heterocycles. The zero-order valence-corrected chi connectivity index (χ0v) is 16.7. The molecule has 0 radical (unpaired) electrons. The summed E-state index contributed by atoms with van der Waals surface area (Å²) >= 11 is 0. The number of hydrogen-bond donors (Lipinski definition) is 1. The standard InChI is InChI=1S/C23H29FN2O2/c1-3-10-22(27)26(17-19-13-8-9-14-20(19)24)21(23(28)25-15-4-2)16-18-11-6-5-7-12-18/h5-9,11-14,21H,3-4,10,15-17H2,1-2H3,(H,25,28)/t21-/m1/s1. The lowest BCUT2D eigenvalue weighted by Crippen LogP contribution is -2.50. The van der Waals surface area contributed by atoms with Gasteiger partial charge in [-0.1, -0.05) is 62.4 Å². The van der Waals surface area contributed by atoms with E-state index in [0.29, 0.717) is 31.4 Å². The third-order valence-corrected chi connectivity index (χ3v) is 4.58. The van der Waals surface area contributed by atoms with E-state index in [1.54, 1.807) is 18.2 Å². The molecule has 0 aliphatic rings. The maximum Gasteiger partial charge on any atom is 0.243 e. The fraction of sp³-hybridized carbons (Fsp3) is 0.391. The van der Waals surface area contributed by atoms with Crippen molar-refractivity contribution in [1.82, 2.24) is 10.2 Å². The number of rotatable bonds is 10. The smallest absolute Gasteiger partial charge is 0.243 e. The first-order valence-electron chi connectivity index (χ1n) is 9.91. The molecule has 2 rings (SSSR count). The summed E-state index contributed by atoms with van der Waals surface area (Å²) < 4.78 is 14.3. The third-order valence-electron chi connectivity index (χ3n) is 4.58. The van der Waals surface area contributed by atoms with Crippen molar-refractivity contribution in [3.8, 4) is 0 Å². The zero-order chi connectivity index (χ0) is 20.4. The van der Waals surface area contributed by atoms with Gasteiger partial charge in [0.2, 0.25) is 11.8 Å². The van der Waals surface area contributed by atoms with Gasteiger partial charge in [-0.05, 0) is 24.5 Å². The molecular weight excluding hydrogens is 355 g/mol. The van der Waals surface area contributed by atoms with Crippen LogP contribution in [-0.2, 0) is 22.6 Å². The third kappa shape index (κ3) is 6.19. The van der Waals surface area contributed by atoms with Gasteiger partial charge in [0.05, 0.1) is 0 Å². The maximum atomic E-state index is 14.3. The van der Waals surface area contributed by atoms with E-state index in [9.17, 15) is 14.0 Å². The zero-order valence-electron chi connectivity index (χ0n) is 16.7. The quantitative estimate of drug-likeness (QED) is 0.671. The fourth-order valence-electron chi connectivity index (χ4n) is 3.09. The van der Waals surface area contributed by atoms with Crippen LogP contribution in [0.1, 0.15) is 44.2 Å². The van der Waals surface area contributed by atoms with Crippen LogP contribution in [0.5, 0.6) is 0 Å². The van der Waals surface area contributed by atoms with Crippen molar-refractivity contribution >= 4 is 11.8 Å². The Morgan fingerprint density at radius 2 is 1.68 bits per heavy atom. The molecule has 4 nitrogen and oxygen atoms in total. The average molecular weight is 384 g/mol. The summed E-state index contributed by atoms with van der Waals surface area (Å²) in [5, 5.41) is 2.90. The SMILES string of the molecule is CCCNC(=O)[C@@H](Cc1ccccc1)N(Cc1ccccc1F)C(=O)CCC. The number of nitrogens with zero attached hydrogens (tertiary/aromatic N) is 1. The van der Waals surface area contributed by atoms with Crippen molar-refractivity contribution in [2.45, 2.75) is 52.1 Å². The van der Waals surface area contributed by atoms with Crippen LogP contribution in [0.25, 0.3) is 0 Å². The van der Waals surface area contributed by atoms with E-state index >= 15 is 0 Å². The van der Waals surface area contributed by atoms with Crippen molar-refractivity contribution in [3.63, 3.8) is 0 Å². The summed E-state index contributed by atoms with van der Waals surface area (Å²) in [7, 11) is 0. The minimum absolute atomic E-state index is 0.0720. The lowest BCUT2D eigenvalue weighted by Gasteiger charge is -2.31. The van der Waals surface area contributed by atoms with Gasteiger partial charge in [-0.2, -0.15) is 0 Å². The Balaban J connectivity index is 2.36. The lowest BCUT2D eigenvalue weighted by atomic mass is 10.0. The van der Waals surface area contributed by atoms with Gasteiger partial charge in [0.25, 0.3) is 0 Å². The summed E-state index contributed by atoms with van der Waals surface area (Å²) in [5.74, 6) is -0.714. The molecule has 0 fully saturated rings. The maximum absolute atomic E-state index is 14.3. The first-order valence-corrected chi connectivity index (χ1v) is 9.91. The van der Waals surface area contributed by atoms with Gasteiger partial charge in [-0.15, -0.1) is 0 Å². The molecule has 0 spiro atoms. The Hall–Kier alpha value is -2.69. The van der Waals surface area contributed by atoms with Crippen LogP contribution in [0, 0.1) is 5.82 Å². The van der Waals surface area contributed by atoms with Gasteiger partial charge >= 0.3 is 0 Å². The molecule has 150 valence electrons. The van der Waals surface area contributed by atoms with Crippen LogP contribution in [0.2, 0.25) is 0 Å². The minimum atomic E-state index is -0.687. The first-order chi connectivity index (χ1) is 13.6. The van der Waals surface area contributed by atoms with Gasteiger partial charge in [0.15, 0.2) is 0 Å². The molecule has 28 heavy (non-hydrogen) atoms. The topological polar surface area (TPSA) is 49.4 Å². The van der Waals surface area contributed by atoms with Gasteiger partial charge in [-0.3, -0.25) is 9.59 Å². The number of benzene rings is 2. The second-order valence-corrected chi connectivity index (χ2v) is 6.86. The average Bonchev–Trinajstić information content (AvgIpc) is 2.71. The molecule has 2 amide bonds. The fourth-order valence-corrected chi connectivity index (χ4v) is 3.09. The second kappa shape index (κ2) is 11.2.